The molecule has 5 nitrogen and oxygen atoms in total. The molecule has 0 heterocycles. The second-order valence-electron chi connectivity index (χ2n) is 6.42. The number of hydrogen-bond acceptors (Lipinski definition) is 4. The number of carboxylic acid groups (broad SMARTS) is 1. The van der Waals surface area contributed by atoms with Gasteiger partial charge in [0, 0.05) is 13.1 Å². The van der Waals surface area contributed by atoms with Gasteiger partial charge in [0.1, 0.15) is 6.61 Å². The fraction of sp³-hybridized carbons (Fsp3) is 0.800. The van der Waals surface area contributed by atoms with Crippen molar-refractivity contribution in [1.29, 1.82) is 0 Å². The number of hydrogen-bond donors (Lipinski definition) is 2. The van der Waals surface area contributed by atoms with Gasteiger partial charge in [0.05, 0.1) is 12.8 Å². The highest BCUT2D eigenvalue weighted by molar-refractivity contribution is 5.69. The average molecular weight is 356 g/mol. The summed E-state index contributed by atoms with van der Waals surface area (Å²) in [7, 11) is 0. The maximum absolute atomic E-state index is 11.4. The normalized spacial score (nSPS) is 11.1. The zero-order valence-electron chi connectivity index (χ0n) is 15.9. The number of carbonyl (C=O) groups excluding carboxylic acids is 1. The first-order valence-electron chi connectivity index (χ1n) is 9.90. The van der Waals surface area contributed by atoms with Crippen LogP contribution in [0.2, 0.25) is 0 Å². The van der Waals surface area contributed by atoms with Gasteiger partial charge in [-0.05, 0) is 12.8 Å². The van der Waals surface area contributed by atoms with E-state index in [9.17, 15) is 9.59 Å². The molecule has 0 saturated heterocycles. The summed E-state index contributed by atoms with van der Waals surface area (Å²) >= 11 is 0. The van der Waals surface area contributed by atoms with E-state index in [1.807, 2.05) is 6.08 Å². The summed E-state index contributed by atoms with van der Waals surface area (Å²) < 4.78 is 5.08. The largest absolute Gasteiger partial charge is 0.481 e. The van der Waals surface area contributed by atoms with Gasteiger partial charge in [-0.15, -0.1) is 0 Å². The molecule has 0 rings (SSSR count). The quantitative estimate of drug-likeness (QED) is 0.216. The molecular formula is C20H37NO4. The Hall–Kier alpha value is -1.36. The minimum Gasteiger partial charge on any atom is -0.481 e. The Morgan fingerprint density at radius 2 is 1.48 bits per heavy atom. The van der Waals surface area contributed by atoms with E-state index in [0.29, 0.717) is 19.7 Å². The van der Waals surface area contributed by atoms with Crippen LogP contribution >= 0.6 is 0 Å². The van der Waals surface area contributed by atoms with Gasteiger partial charge in [-0.25, -0.2) is 0 Å². The molecule has 0 aliphatic heterocycles. The summed E-state index contributed by atoms with van der Waals surface area (Å²) in [4.78, 5) is 21.7. The summed E-state index contributed by atoms with van der Waals surface area (Å²) in [6, 6.07) is 0. The predicted octanol–water partition coefficient (Wildman–Crippen LogP) is 4.46. The molecule has 0 radical (unpaired) electrons. The lowest BCUT2D eigenvalue weighted by Gasteiger charge is -2.03. The van der Waals surface area contributed by atoms with Gasteiger partial charge in [0.25, 0.3) is 0 Å². The number of allylic oxidation sites excluding steroid dienone is 1. The Kier molecular flexibility index (Phi) is 17.9. The first kappa shape index (κ1) is 23.6. The Morgan fingerprint density at radius 3 is 2.12 bits per heavy atom. The average Bonchev–Trinajstić information content (AvgIpc) is 2.58. The molecular weight excluding hydrogens is 318 g/mol. The third kappa shape index (κ3) is 20.6. The minimum absolute atomic E-state index is 0.0661. The van der Waals surface area contributed by atoms with Crippen molar-refractivity contribution in [2.45, 2.75) is 84.0 Å². The lowest BCUT2D eigenvalue weighted by Crippen LogP contribution is -2.22. The number of nitrogens with one attached hydrogen (secondary N) is 1. The van der Waals surface area contributed by atoms with E-state index >= 15 is 0 Å². The molecule has 0 unspecified atom stereocenters. The predicted molar refractivity (Wildman–Crippen MR) is 102 cm³/mol. The van der Waals surface area contributed by atoms with Crippen molar-refractivity contribution in [2.24, 2.45) is 0 Å². The minimum atomic E-state index is -0.841. The first-order chi connectivity index (χ1) is 12.2. The molecule has 0 aliphatic carbocycles. The Bertz CT molecular complexity index is 356. The van der Waals surface area contributed by atoms with Gasteiger partial charge in [-0.2, -0.15) is 0 Å². The Morgan fingerprint density at radius 1 is 0.880 bits per heavy atom. The third-order valence-corrected chi connectivity index (χ3v) is 4.00. The highest BCUT2D eigenvalue weighted by atomic mass is 16.5. The number of esters is 1. The molecule has 0 bridgehead atoms. The molecule has 25 heavy (non-hydrogen) atoms. The smallest absolute Gasteiger partial charge is 0.307 e. The summed E-state index contributed by atoms with van der Waals surface area (Å²) in [6.07, 6.45) is 17.3. The van der Waals surface area contributed by atoms with Gasteiger partial charge in [-0.3, -0.25) is 9.59 Å². The van der Waals surface area contributed by atoms with Gasteiger partial charge in [0.15, 0.2) is 0 Å². The molecule has 2 N–H and O–H groups in total. The van der Waals surface area contributed by atoms with Crippen molar-refractivity contribution in [3.05, 3.63) is 12.2 Å². The van der Waals surface area contributed by atoms with Crippen LogP contribution in [0.15, 0.2) is 12.2 Å². The van der Waals surface area contributed by atoms with Gasteiger partial charge >= 0.3 is 11.9 Å². The highest BCUT2D eigenvalue weighted by Crippen LogP contribution is 2.10. The van der Waals surface area contributed by atoms with Crippen LogP contribution in [-0.2, 0) is 14.3 Å². The van der Waals surface area contributed by atoms with Crippen molar-refractivity contribution >= 4 is 11.9 Å². The Labute approximate surface area is 153 Å². The SMILES string of the molecule is CCCCCCCCCCCC=CCOC(=O)CCNCCC(=O)O. The molecule has 0 fully saturated rings. The van der Waals surface area contributed by atoms with Crippen LogP contribution < -0.4 is 5.32 Å². The van der Waals surface area contributed by atoms with Crippen molar-refractivity contribution in [2.75, 3.05) is 19.7 Å². The van der Waals surface area contributed by atoms with Gasteiger partial charge in [0.2, 0.25) is 0 Å². The van der Waals surface area contributed by atoms with E-state index in [4.69, 9.17) is 9.84 Å². The van der Waals surface area contributed by atoms with Crippen molar-refractivity contribution < 1.29 is 19.4 Å². The van der Waals surface area contributed by atoms with Crippen LogP contribution in [0.5, 0.6) is 0 Å². The molecule has 146 valence electrons. The van der Waals surface area contributed by atoms with E-state index in [1.165, 1.54) is 57.8 Å². The summed E-state index contributed by atoms with van der Waals surface area (Å²) in [5.74, 6) is -1.09. The lowest BCUT2D eigenvalue weighted by atomic mass is 10.1. The number of carboxylic acids is 1. The second-order valence-corrected chi connectivity index (χ2v) is 6.42. The van der Waals surface area contributed by atoms with E-state index < -0.39 is 5.97 Å². The molecule has 0 aromatic carbocycles. The molecule has 0 aliphatic rings. The standard InChI is InChI=1S/C20H37NO4/c1-2-3-4-5-6-7-8-9-10-11-12-13-18-25-20(24)15-17-21-16-14-19(22)23/h12-13,21H,2-11,14-18H2,1H3,(H,22,23). The van der Waals surface area contributed by atoms with E-state index in [0.717, 1.165) is 6.42 Å². The summed E-state index contributed by atoms with van der Waals surface area (Å²) in [6.45, 7) is 3.40. The number of aliphatic carboxylic acids is 1. The van der Waals surface area contributed by atoms with Crippen LogP contribution in [-0.4, -0.2) is 36.7 Å². The second kappa shape index (κ2) is 19.0. The van der Waals surface area contributed by atoms with Gasteiger partial charge in [-0.1, -0.05) is 70.4 Å². The van der Waals surface area contributed by atoms with Crippen molar-refractivity contribution in [3.63, 3.8) is 0 Å². The van der Waals surface area contributed by atoms with E-state index in [2.05, 4.69) is 18.3 Å². The number of carbonyl (C=O) groups is 2. The van der Waals surface area contributed by atoms with Crippen LogP contribution in [0.25, 0.3) is 0 Å². The topological polar surface area (TPSA) is 75.6 Å². The van der Waals surface area contributed by atoms with Crippen LogP contribution in [0, 0.1) is 0 Å². The zero-order valence-corrected chi connectivity index (χ0v) is 15.9. The maximum Gasteiger partial charge on any atom is 0.307 e. The molecule has 0 saturated carbocycles. The maximum atomic E-state index is 11.4. The van der Waals surface area contributed by atoms with E-state index in [1.54, 1.807) is 0 Å². The lowest BCUT2D eigenvalue weighted by molar-refractivity contribution is -0.142. The summed E-state index contributed by atoms with van der Waals surface area (Å²) in [5, 5.41) is 11.4. The zero-order chi connectivity index (χ0) is 18.6. The fourth-order valence-corrected chi connectivity index (χ4v) is 2.48. The van der Waals surface area contributed by atoms with E-state index in [-0.39, 0.29) is 18.8 Å². The highest BCUT2D eigenvalue weighted by Gasteiger charge is 2.01. The molecule has 0 aromatic rings. The number of ether oxygens (including phenoxy) is 1. The third-order valence-electron chi connectivity index (χ3n) is 4.00. The number of rotatable bonds is 18. The molecule has 0 amide bonds. The molecule has 0 atom stereocenters. The van der Waals surface area contributed by atoms with Crippen LogP contribution in [0.3, 0.4) is 0 Å². The molecule has 5 heteroatoms. The van der Waals surface area contributed by atoms with Crippen molar-refractivity contribution in [1.82, 2.24) is 5.32 Å². The summed E-state index contributed by atoms with van der Waals surface area (Å²) in [5.41, 5.74) is 0. The van der Waals surface area contributed by atoms with Gasteiger partial charge < -0.3 is 15.2 Å². The van der Waals surface area contributed by atoms with Crippen molar-refractivity contribution in [3.8, 4) is 0 Å². The van der Waals surface area contributed by atoms with Crippen LogP contribution in [0.4, 0.5) is 0 Å². The molecule has 0 aromatic heterocycles. The number of unbranched alkanes of at least 4 members (excludes halogenated alkanes) is 9. The monoisotopic (exact) mass is 355 g/mol. The first-order valence-corrected chi connectivity index (χ1v) is 9.90. The fourth-order valence-electron chi connectivity index (χ4n) is 2.48. The van der Waals surface area contributed by atoms with Crippen LogP contribution in [0.1, 0.15) is 84.0 Å². The Balaban J connectivity index is 3.26. The molecule has 0 spiro atoms.